The van der Waals surface area contributed by atoms with Gasteiger partial charge in [0.1, 0.15) is 18.4 Å². The summed E-state index contributed by atoms with van der Waals surface area (Å²) in [4.78, 5) is 12.8. The average molecular weight is 467 g/mol. The number of nitrogens with zero attached hydrogens (tertiary/aromatic N) is 1. The molecule has 1 N–H and O–H groups in total. The molecule has 0 bridgehead atoms. The predicted molar refractivity (Wildman–Crippen MR) is 127 cm³/mol. The zero-order chi connectivity index (χ0) is 23.2. The lowest BCUT2D eigenvalue weighted by atomic mass is 9.87. The summed E-state index contributed by atoms with van der Waals surface area (Å²) in [5.41, 5.74) is 1.67. The van der Waals surface area contributed by atoms with Gasteiger partial charge in [-0.15, -0.1) is 0 Å². The first kappa shape index (κ1) is 25.0. The topological polar surface area (TPSA) is 75.7 Å². The maximum Gasteiger partial charge on any atom is 0.244 e. The van der Waals surface area contributed by atoms with Crippen LogP contribution in [0.4, 0.5) is 5.69 Å². The van der Waals surface area contributed by atoms with Crippen LogP contribution in [0.2, 0.25) is 5.02 Å². The molecule has 0 aromatic heterocycles. The zero-order valence-electron chi connectivity index (χ0n) is 18.7. The lowest BCUT2D eigenvalue weighted by Crippen LogP contribution is -2.50. The standard InChI is InChI=1S/C23H31ClN2O4S/c1-6-21(26(31(5,28)29)19-11-9-18(24)10-12-19)22(27)25-15-16-30-20-13-7-17(8-14-20)23(2,3)4/h7-14,21H,6,15-16H2,1-5H3,(H,25,27). The normalized spacial score (nSPS) is 12.8. The van der Waals surface area contributed by atoms with E-state index >= 15 is 0 Å². The minimum atomic E-state index is -3.68. The van der Waals surface area contributed by atoms with Gasteiger partial charge >= 0.3 is 0 Å². The summed E-state index contributed by atoms with van der Waals surface area (Å²) in [5.74, 6) is 0.336. The van der Waals surface area contributed by atoms with Crippen LogP contribution in [0, 0.1) is 0 Å². The number of amides is 1. The molecule has 1 atom stereocenters. The predicted octanol–water partition coefficient (Wildman–Crippen LogP) is 4.38. The fourth-order valence-electron chi connectivity index (χ4n) is 3.16. The number of hydrogen-bond acceptors (Lipinski definition) is 4. The maximum absolute atomic E-state index is 12.8. The number of nitrogens with one attached hydrogen (secondary N) is 1. The largest absolute Gasteiger partial charge is 0.492 e. The van der Waals surface area contributed by atoms with Crippen molar-refractivity contribution in [2.75, 3.05) is 23.7 Å². The van der Waals surface area contributed by atoms with Gasteiger partial charge in [-0.2, -0.15) is 0 Å². The number of carbonyl (C=O) groups excluding carboxylic acids is 1. The van der Waals surface area contributed by atoms with Crippen LogP contribution in [0.3, 0.4) is 0 Å². The van der Waals surface area contributed by atoms with Crippen LogP contribution in [0.25, 0.3) is 0 Å². The third-order valence-corrected chi connectivity index (χ3v) is 6.23. The molecule has 1 unspecified atom stereocenters. The van der Waals surface area contributed by atoms with Crippen molar-refractivity contribution in [1.29, 1.82) is 0 Å². The molecule has 2 aromatic carbocycles. The first-order valence-electron chi connectivity index (χ1n) is 10.2. The van der Waals surface area contributed by atoms with E-state index in [9.17, 15) is 13.2 Å². The number of rotatable bonds is 9. The molecule has 0 saturated heterocycles. The number of halogens is 1. The Balaban J connectivity index is 1.99. The third kappa shape index (κ3) is 7.14. The molecule has 8 heteroatoms. The summed E-state index contributed by atoms with van der Waals surface area (Å²) < 4.78 is 31.7. The molecule has 0 fully saturated rings. The van der Waals surface area contributed by atoms with Crippen molar-refractivity contribution < 1.29 is 17.9 Å². The summed E-state index contributed by atoms with van der Waals surface area (Å²) >= 11 is 5.91. The second-order valence-corrected chi connectivity index (χ2v) is 10.7. The van der Waals surface area contributed by atoms with Crippen LogP contribution in [-0.2, 0) is 20.2 Å². The number of anilines is 1. The van der Waals surface area contributed by atoms with Gasteiger partial charge in [-0.3, -0.25) is 9.10 Å². The van der Waals surface area contributed by atoms with Gasteiger partial charge < -0.3 is 10.1 Å². The molecule has 0 heterocycles. The van der Waals surface area contributed by atoms with Crippen LogP contribution in [0.15, 0.2) is 48.5 Å². The molecule has 31 heavy (non-hydrogen) atoms. The maximum atomic E-state index is 12.8. The Bertz CT molecular complexity index is 968. The number of hydrogen-bond donors (Lipinski definition) is 1. The highest BCUT2D eigenvalue weighted by atomic mass is 35.5. The Kier molecular flexibility index (Phi) is 8.37. The van der Waals surface area contributed by atoms with Gasteiger partial charge in [0.15, 0.2) is 0 Å². The van der Waals surface area contributed by atoms with E-state index in [-0.39, 0.29) is 24.5 Å². The molecule has 170 valence electrons. The summed E-state index contributed by atoms with van der Waals surface area (Å²) in [5, 5.41) is 3.27. The first-order chi connectivity index (χ1) is 14.4. The quantitative estimate of drug-likeness (QED) is 0.556. The fourth-order valence-corrected chi connectivity index (χ4v) is 4.50. The highest BCUT2D eigenvalue weighted by molar-refractivity contribution is 7.92. The third-order valence-electron chi connectivity index (χ3n) is 4.80. The molecular formula is C23H31ClN2O4S. The summed E-state index contributed by atoms with van der Waals surface area (Å²) in [6, 6.07) is 13.4. The second kappa shape index (κ2) is 10.4. The minimum absolute atomic E-state index is 0.0667. The molecule has 2 rings (SSSR count). The summed E-state index contributed by atoms with van der Waals surface area (Å²) in [6.45, 7) is 8.74. The number of carbonyl (C=O) groups is 1. The van der Waals surface area contributed by atoms with Gasteiger partial charge in [0, 0.05) is 5.02 Å². The fraction of sp³-hybridized carbons (Fsp3) is 0.435. The Labute approximate surface area is 190 Å². The van der Waals surface area contributed by atoms with E-state index < -0.39 is 16.1 Å². The van der Waals surface area contributed by atoms with Gasteiger partial charge in [-0.1, -0.05) is 51.4 Å². The van der Waals surface area contributed by atoms with Crippen molar-refractivity contribution >= 4 is 33.2 Å². The van der Waals surface area contributed by atoms with E-state index in [0.717, 1.165) is 10.6 Å². The van der Waals surface area contributed by atoms with Gasteiger partial charge in [-0.05, 0) is 53.8 Å². The summed E-state index contributed by atoms with van der Waals surface area (Å²) in [7, 11) is -3.68. The molecule has 0 radical (unpaired) electrons. The smallest absolute Gasteiger partial charge is 0.244 e. The van der Waals surface area contributed by atoms with Crippen molar-refractivity contribution in [1.82, 2.24) is 5.32 Å². The Morgan fingerprint density at radius 1 is 1.10 bits per heavy atom. The van der Waals surface area contributed by atoms with Crippen molar-refractivity contribution in [2.24, 2.45) is 0 Å². The number of ether oxygens (including phenoxy) is 1. The molecule has 0 aliphatic carbocycles. The van der Waals surface area contributed by atoms with Crippen molar-refractivity contribution in [3.8, 4) is 5.75 Å². The molecule has 0 spiro atoms. The van der Waals surface area contributed by atoms with E-state index in [4.69, 9.17) is 16.3 Å². The highest BCUT2D eigenvalue weighted by Crippen LogP contribution is 2.25. The number of benzene rings is 2. The van der Waals surface area contributed by atoms with Crippen molar-refractivity contribution in [3.63, 3.8) is 0 Å². The van der Waals surface area contributed by atoms with Crippen LogP contribution in [0.1, 0.15) is 39.7 Å². The van der Waals surface area contributed by atoms with E-state index in [1.54, 1.807) is 31.2 Å². The van der Waals surface area contributed by atoms with Crippen LogP contribution >= 0.6 is 11.6 Å². The van der Waals surface area contributed by atoms with E-state index in [1.165, 1.54) is 5.56 Å². The number of sulfonamides is 1. The Hall–Kier alpha value is -2.25. The molecule has 0 aliphatic heterocycles. The first-order valence-corrected chi connectivity index (χ1v) is 12.4. The van der Waals surface area contributed by atoms with Gasteiger partial charge in [0.2, 0.25) is 15.9 Å². The highest BCUT2D eigenvalue weighted by Gasteiger charge is 2.31. The van der Waals surface area contributed by atoms with E-state index in [0.29, 0.717) is 22.9 Å². The molecular weight excluding hydrogens is 436 g/mol. The SMILES string of the molecule is CCC(C(=O)NCCOc1ccc(C(C)(C)C)cc1)N(c1ccc(Cl)cc1)S(C)(=O)=O. The molecule has 6 nitrogen and oxygen atoms in total. The lowest BCUT2D eigenvalue weighted by molar-refractivity contribution is -0.122. The molecule has 1 amide bonds. The molecule has 0 saturated carbocycles. The minimum Gasteiger partial charge on any atom is -0.492 e. The zero-order valence-corrected chi connectivity index (χ0v) is 20.3. The van der Waals surface area contributed by atoms with E-state index in [2.05, 4.69) is 26.1 Å². The van der Waals surface area contributed by atoms with Crippen LogP contribution in [-0.4, -0.2) is 39.8 Å². The van der Waals surface area contributed by atoms with E-state index in [1.807, 2.05) is 24.3 Å². The lowest BCUT2D eigenvalue weighted by Gasteiger charge is -2.30. The molecule has 2 aromatic rings. The van der Waals surface area contributed by atoms with Crippen LogP contribution in [0.5, 0.6) is 5.75 Å². The van der Waals surface area contributed by atoms with Crippen molar-refractivity contribution in [2.45, 2.75) is 45.6 Å². The van der Waals surface area contributed by atoms with Crippen LogP contribution < -0.4 is 14.4 Å². The van der Waals surface area contributed by atoms with Gasteiger partial charge in [-0.25, -0.2) is 8.42 Å². The van der Waals surface area contributed by atoms with Gasteiger partial charge in [0.05, 0.1) is 18.5 Å². The monoisotopic (exact) mass is 466 g/mol. The van der Waals surface area contributed by atoms with Gasteiger partial charge in [0.25, 0.3) is 0 Å². The Morgan fingerprint density at radius 2 is 1.68 bits per heavy atom. The summed E-state index contributed by atoms with van der Waals surface area (Å²) in [6.07, 6.45) is 1.40. The van der Waals surface area contributed by atoms with Crippen molar-refractivity contribution in [3.05, 3.63) is 59.1 Å². The average Bonchev–Trinajstić information content (AvgIpc) is 2.69. The molecule has 0 aliphatic rings. The Morgan fingerprint density at radius 3 is 2.16 bits per heavy atom. The second-order valence-electron chi connectivity index (χ2n) is 8.37.